The molecule has 0 aliphatic carbocycles. The van der Waals surface area contributed by atoms with E-state index in [0.717, 1.165) is 25.4 Å². The lowest BCUT2D eigenvalue weighted by molar-refractivity contribution is 1.38. The number of aryl methyl sites for hydroxylation is 1. The Bertz CT molecular complexity index is 692. The van der Waals surface area contributed by atoms with Gasteiger partial charge in [0.2, 0.25) is 0 Å². The van der Waals surface area contributed by atoms with Crippen LogP contribution in [-0.4, -0.2) is 0 Å². The van der Waals surface area contributed by atoms with Crippen LogP contribution in [0.15, 0.2) is 45.3 Å². The summed E-state index contributed by atoms with van der Waals surface area (Å²) in [5.41, 5.74) is 3.60. The molecule has 0 radical (unpaired) electrons. The van der Waals surface area contributed by atoms with E-state index in [4.69, 9.17) is 10.5 Å². The minimum Gasteiger partial charge on any atom is -0.192 e. The summed E-state index contributed by atoms with van der Waals surface area (Å²) in [7, 11) is 0. The van der Waals surface area contributed by atoms with Crippen molar-refractivity contribution in [1.82, 2.24) is 0 Å². The quantitative estimate of drug-likeness (QED) is 0.491. The minimum atomic E-state index is 0.689. The van der Waals surface area contributed by atoms with Gasteiger partial charge in [-0.25, -0.2) is 0 Å². The standard InChI is InChI=1S/C8H5Br2N.C8H6BrN/c9-4-6-1-7(5-11)3-8(10)2-6;1-6-2-7(5-10)4-8(9)3-6/h1-3H,4H2;2-4H,1H3. The average Bonchev–Trinajstić information content (AvgIpc) is 2.46. The molecule has 0 fully saturated rings. The lowest BCUT2D eigenvalue weighted by Crippen LogP contribution is -1.80. The molecule has 2 nitrogen and oxygen atoms in total. The number of alkyl halides is 1. The molecule has 0 saturated carbocycles. The molecule has 0 aliphatic heterocycles. The molecule has 0 unspecified atom stereocenters. The first kappa shape index (κ1) is 17.9. The molecule has 0 heterocycles. The Morgan fingerprint density at radius 1 is 0.857 bits per heavy atom. The summed E-state index contributed by atoms with van der Waals surface area (Å²) in [6, 6.07) is 15.4. The average molecular weight is 471 g/mol. The molecular weight excluding hydrogens is 460 g/mol. The third-order valence-electron chi connectivity index (χ3n) is 2.41. The maximum absolute atomic E-state index is 8.60. The zero-order valence-corrected chi connectivity index (χ0v) is 16.0. The number of rotatable bonds is 1. The smallest absolute Gasteiger partial charge is 0.0992 e. The van der Waals surface area contributed by atoms with Crippen LogP contribution in [0.1, 0.15) is 22.3 Å². The monoisotopic (exact) mass is 468 g/mol. The molecule has 5 heteroatoms. The SMILES string of the molecule is Cc1cc(Br)cc(C#N)c1.N#Cc1cc(Br)cc(CBr)c1. The highest BCUT2D eigenvalue weighted by atomic mass is 79.9. The van der Waals surface area contributed by atoms with E-state index in [9.17, 15) is 0 Å². The predicted molar refractivity (Wildman–Crippen MR) is 95.1 cm³/mol. The van der Waals surface area contributed by atoms with E-state index in [1.165, 1.54) is 0 Å². The molecule has 2 aromatic carbocycles. The summed E-state index contributed by atoms with van der Waals surface area (Å²) in [5, 5.41) is 17.9. The van der Waals surface area contributed by atoms with E-state index in [2.05, 4.69) is 59.9 Å². The van der Waals surface area contributed by atoms with Gasteiger partial charge in [0.15, 0.2) is 0 Å². The van der Waals surface area contributed by atoms with Crippen molar-refractivity contribution in [2.75, 3.05) is 0 Å². The van der Waals surface area contributed by atoms with Crippen molar-refractivity contribution >= 4 is 47.8 Å². The van der Waals surface area contributed by atoms with Gasteiger partial charge in [-0.05, 0) is 54.4 Å². The number of nitrogens with zero attached hydrogens (tertiary/aromatic N) is 2. The third-order valence-corrected chi connectivity index (χ3v) is 3.98. The number of benzene rings is 2. The minimum absolute atomic E-state index is 0.689. The molecule has 0 N–H and O–H groups in total. The molecule has 0 saturated heterocycles. The van der Waals surface area contributed by atoms with Crippen molar-refractivity contribution in [3.05, 3.63) is 67.6 Å². The van der Waals surface area contributed by atoms with Crippen LogP contribution in [0.2, 0.25) is 0 Å². The zero-order valence-electron chi connectivity index (χ0n) is 11.2. The number of halogens is 3. The van der Waals surface area contributed by atoms with Crippen LogP contribution < -0.4 is 0 Å². The molecule has 106 valence electrons. The summed E-state index contributed by atoms with van der Waals surface area (Å²) < 4.78 is 1.91. The molecule has 0 amide bonds. The van der Waals surface area contributed by atoms with Gasteiger partial charge in [0, 0.05) is 14.3 Å². The highest BCUT2D eigenvalue weighted by molar-refractivity contribution is 9.10. The lowest BCUT2D eigenvalue weighted by atomic mass is 10.2. The third kappa shape index (κ3) is 6.44. The number of hydrogen-bond acceptors (Lipinski definition) is 2. The lowest BCUT2D eigenvalue weighted by Gasteiger charge is -1.96. The molecular formula is C16H11Br3N2. The fourth-order valence-electron chi connectivity index (χ4n) is 1.59. The second kappa shape index (κ2) is 9.00. The van der Waals surface area contributed by atoms with Crippen molar-refractivity contribution in [3.8, 4) is 12.1 Å². The van der Waals surface area contributed by atoms with Crippen LogP contribution in [0.25, 0.3) is 0 Å². The van der Waals surface area contributed by atoms with Crippen molar-refractivity contribution < 1.29 is 0 Å². The van der Waals surface area contributed by atoms with Crippen LogP contribution in [0, 0.1) is 29.6 Å². The Balaban J connectivity index is 0.000000211. The number of nitriles is 2. The summed E-state index contributed by atoms with van der Waals surface area (Å²) in [5.74, 6) is 0. The van der Waals surface area contributed by atoms with Crippen LogP contribution in [0.3, 0.4) is 0 Å². The second-order valence-corrected chi connectivity index (χ2v) is 6.61. The van der Waals surface area contributed by atoms with Gasteiger partial charge in [0.05, 0.1) is 23.3 Å². The topological polar surface area (TPSA) is 47.6 Å². The van der Waals surface area contributed by atoms with E-state index in [0.29, 0.717) is 11.1 Å². The van der Waals surface area contributed by atoms with Crippen LogP contribution in [0.5, 0.6) is 0 Å². The van der Waals surface area contributed by atoms with E-state index in [1.807, 2.05) is 31.2 Å². The Labute approximate surface area is 149 Å². The van der Waals surface area contributed by atoms with E-state index in [-0.39, 0.29) is 0 Å². The Morgan fingerprint density at radius 2 is 1.38 bits per heavy atom. The zero-order chi connectivity index (χ0) is 15.8. The van der Waals surface area contributed by atoms with Gasteiger partial charge in [-0.15, -0.1) is 0 Å². The van der Waals surface area contributed by atoms with Crippen LogP contribution in [-0.2, 0) is 5.33 Å². The fraction of sp³-hybridized carbons (Fsp3) is 0.125. The van der Waals surface area contributed by atoms with Crippen LogP contribution in [0.4, 0.5) is 0 Å². The molecule has 21 heavy (non-hydrogen) atoms. The summed E-state index contributed by atoms with van der Waals surface area (Å²) in [4.78, 5) is 0. The van der Waals surface area contributed by atoms with Crippen molar-refractivity contribution in [2.24, 2.45) is 0 Å². The maximum atomic E-state index is 8.60. The maximum Gasteiger partial charge on any atom is 0.0992 e. The first-order chi connectivity index (χ1) is 9.98. The Kier molecular flexibility index (Phi) is 7.67. The van der Waals surface area contributed by atoms with Crippen molar-refractivity contribution in [3.63, 3.8) is 0 Å². The Morgan fingerprint density at radius 3 is 1.86 bits per heavy atom. The molecule has 2 aromatic rings. The van der Waals surface area contributed by atoms with Gasteiger partial charge in [-0.1, -0.05) is 47.8 Å². The molecule has 0 aromatic heterocycles. The van der Waals surface area contributed by atoms with Gasteiger partial charge in [0.1, 0.15) is 0 Å². The van der Waals surface area contributed by atoms with Gasteiger partial charge in [0.25, 0.3) is 0 Å². The van der Waals surface area contributed by atoms with Gasteiger partial charge < -0.3 is 0 Å². The molecule has 0 spiro atoms. The summed E-state index contributed by atoms with van der Waals surface area (Å²) >= 11 is 9.95. The first-order valence-corrected chi connectivity index (χ1v) is 8.62. The molecule has 0 atom stereocenters. The van der Waals surface area contributed by atoms with Crippen LogP contribution >= 0.6 is 47.8 Å². The molecule has 2 rings (SSSR count). The second-order valence-electron chi connectivity index (χ2n) is 4.22. The summed E-state index contributed by atoms with van der Waals surface area (Å²) in [6.07, 6.45) is 0. The van der Waals surface area contributed by atoms with Gasteiger partial charge in [-0.3, -0.25) is 0 Å². The normalized spacial score (nSPS) is 9.05. The van der Waals surface area contributed by atoms with Crippen molar-refractivity contribution in [1.29, 1.82) is 10.5 Å². The predicted octanol–water partition coefficient (Wildman–Crippen LogP) is 5.84. The fourth-order valence-corrected chi connectivity index (χ4v) is 3.07. The Hall–Kier alpha value is -1.14. The highest BCUT2D eigenvalue weighted by Crippen LogP contribution is 2.17. The summed E-state index contributed by atoms with van der Waals surface area (Å²) in [6.45, 7) is 1.96. The van der Waals surface area contributed by atoms with Crippen molar-refractivity contribution in [2.45, 2.75) is 12.3 Å². The highest BCUT2D eigenvalue weighted by Gasteiger charge is 1.96. The first-order valence-electron chi connectivity index (χ1n) is 5.91. The van der Waals surface area contributed by atoms with E-state index < -0.39 is 0 Å². The van der Waals surface area contributed by atoms with E-state index >= 15 is 0 Å². The van der Waals surface area contributed by atoms with Gasteiger partial charge >= 0.3 is 0 Å². The molecule has 0 bridgehead atoms. The molecule has 0 aliphatic rings. The largest absolute Gasteiger partial charge is 0.192 e. The van der Waals surface area contributed by atoms with Gasteiger partial charge in [-0.2, -0.15) is 10.5 Å². The number of hydrogen-bond donors (Lipinski definition) is 0. The van der Waals surface area contributed by atoms with E-state index in [1.54, 1.807) is 12.1 Å².